The van der Waals surface area contributed by atoms with Crippen LogP contribution in [0.1, 0.15) is 10.4 Å². The van der Waals surface area contributed by atoms with Gasteiger partial charge < -0.3 is 14.0 Å². The fraction of sp³-hybridized carbons (Fsp3) is 0.357. The van der Waals surface area contributed by atoms with E-state index in [9.17, 15) is 18.8 Å². The SMILES string of the molecule is COc1ccccc1C(=O)[C@H](F)B1OC(=O)CN(C)CC(=O)O1. The molecule has 0 spiro atoms. The average Bonchev–Trinajstić information content (AvgIpc) is 2.51. The predicted octanol–water partition coefficient (Wildman–Crippen LogP) is 0.275. The number of halogens is 1. The number of carbonyl (C=O) groups excluding carboxylic acids is 3. The molecule has 23 heavy (non-hydrogen) atoms. The van der Waals surface area contributed by atoms with Crippen molar-refractivity contribution in [2.24, 2.45) is 0 Å². The Hall–Kier alpha value is -2.42. The van der Waals surface area contributed by atoms with Crippen LogP contribution < -0.4 is 4.74 Å². The number of benzene rings is 1. The van der Waals surface area contributed by atoms with Gasteiger partial charge >= 0.3 is 19.1 Å². The van der Waals surface area contributed by atoms with Crippen LogP contribution in [-0.4, -0.2) is 63.1 Å². The molecule has 0 N–H and O–H groups in total. The summed E-state index contributed by atoms with van der Waals surface area (Å²) in [7, 11) is 0.932. The third-order valence-corrected chi connectivity index (χ3v) is 3.16. The van der Waals surface area contributed by atoms with Crippen molar-refractivity contribution in [1.29, 1.82) is 0 Å². The number of para-hydroxylation sites is 1. The molecule has 1 fully saturated rings. The summed E-state index contributed by atoms with van der Waals surface area (Å²) < 4.78 is 29.0. The highest BCUT2D eigenvalue weighted by Gasteiger charge is 2.45. The maximum absolute atomic E-state index is 14.5. The third kappa shape index (κ3) is 4.07. The Balaban J connectivity index is 2.20. The summed E-state index contributed by atoms with van der Waals surface area (Å²) in [5.41, 5.74) is -0.0335. The van der Waals surface area contributed by atoms with Gasteiger partial charge in [0.15, 0.2) is 0 Å². The van der Waals surface area contributed by atoms with E-state index >= 15 is 0 Å². The molecule has 0 aromatic heterocycles. The number of nitrogens with zero attached hydrogens (tertiary/aromatic N) is 1. The van der Waals surface area contributed by atoms with Crippen LogP contribution in [0, 0.1) is 0 Å². The number of ketones is 1. The number of Topliss-reactive ketones (excluding diaryl/α,β-unsaturated/α-hetero) is 1. The van der Waals surface area contributed by atoms with Crippen LogP contribution in [0.4, 0.5) is 4.39 Å². The van der Waals surface area contributed by atoms with E-state index in [4.69, 9.17) is 14.0 Å². The maximum atomic E-state index is 14.5. The topological polar surface area (TPSA) is 82.1 Å². The Kier molecular flexibility index (Phi) is 5.33. The standard InChI is InChI=1S/C14H15BFNO6/c1-17-7-11(18)22-15(23-12(19)8-17)14(16)13(20)9-5-3-4-6-10(9)21-2/h3-6,14H,7-8H2,1-2H3/t14-/m0/s1. The zero-order valence-electron chi connectivity index (χ0n) is 12.7. The van der Waals surface area contributed by atoms with E-state index in [1.807, 2.05) is 0 Å². The Labute approximate surface area is 132 Å². The minimum atomic E-state index is -2.34. The van der Waals surface area contributed by atoms with Gasteiger partial charge in [0.25, 0.3) is 0 Å². The molecule has 1 aromatic carbocycles. The highest BCUT2D eigenvalue weighted by Crippen LogP contribution is 2.21. The van der Waals surface area contributed by atoms with Crippen molar-refractivity contribution in [1.82, 2.24) is 4.90 Å². The Morgan fingerprint density at radius 2 is 1.83 bits per heavy atom. The molecule has 2 rings (SSSR count). The van der Waals surface area contributed by atoms with E-state index in [2.05, 4.69) is 0 Å². The van der Waals surface area contributed by atoms with Crippen molar-refractivity contribution in [3.05, 3.63) is 29.8 Å². The van der Waals surface area contributed by atoms with Crippen LogP contribution in [0.3, 0.4) is 0 Å². The van der Waals surface area contributed by atoms with Gasteiger partial charge in [-0.15, -0.1) is 0 Å². The van der Waals surface area contributed by atoms with Crippen LogP contribution in [0.5, 0.6) is 5.75 Å². The van der Waals surface area contributed by atoms with Gasteiger partial charge in [-0.2, -0.15) is 0 Å². The summed E-state index contributed by atoms with van der Waals surface area (Å²) >= 11 is 0. The van der Waals surface area contributed by atoms with Gasteiger partial charge in [0.2, 0.25) is 11.9 Å². The second kappa shape index (κ2) is 7.23. The van der Waals surface area contributed by atoms with Crippen LogP contribution in [0.2, 0.25) is 0 Å². The number of methoxy groups -OCH3 is 1. The first-order chi connectivity index (χ1) is 10.9. The van der Waals surface area contributed by atoms with Crippen molar-refractivity contribution in [3.8, 4) is 5.75 Å². The van der Waals surface area contributed by atoms with Gasteiger partial charge in [0.1, 0.15) is 5.75 Å². The molecule has 0 bridgehead atoms. The van der Waals surface area contributed by atoms with Crippen LogP contribution in [0.15, 0.2) is 24.3 Å². The molecule has 9 heteroatoms. The zero-order valence-corrected chi connectivity index (χ0v) is 12.7. The number of carbonyl (C=O) groups is 3. The quantitative estimate of drug-likeness (QED) is 0.581. The monoisotopic (exact) mass is 323 g/mol. The van der Waals surface area contributed by atoms with Gasteiger partial charge in [0.05, 0.1) is 25.8 Å². The summed E-state index contributed by atoms with van der Waals surface area (Å²) in [5.74, 6) is -2.41. The zero-order chi connectivity index (χ0) is 17.0. The molecule has 1 aliphatic rings. The first-order valence-electron chi connectivity index (χ1n) is 6.81. The van der Waals surface area contributed by atoms with Crippen molar-refractivity contribution < 1.29 is 32.8 Å². The molecule has 0 saturated carbocycles. The second-order valence-electron chi connectivity index (χ2n) is 4.99. The molecular formula is C14H15BFNO6. The molecule has 0 aliphatic carbocycles. The lowest BCUT2D eigenvalue weighted by Crippen LogP contribution is -2.48. The molecule has 1 aliphatic heterocycles. The van der Waals surface area contributed by atoms with E-state index in [-0.39, 0.29) is 24.4 Å². The Morgan fingerprint density at radius 1 is 1.26 bits per heavy atom. The van der Waals surface area contributed by atoms with Crippen molar-refractivity contribution in [2.45, 2.75) is 6.07 Å². The summed E-state index contributed by atoms with van der Waals surface area (Å²) in [6.45, 7) is -0.414. The summed E-state index contributed by atoms with van der Waals surface area (Å²) in [5, 5.41) is 0. The lowest BCUT2D eigenvalue weighted by molar-refractivity contribution is -0.146. The highest BCUT2D eigenvalue weighted by atomic mass is 19.1. The fourth-order valence-corrected chi connectivity index (χ4v) is 2.09. The van der Waals surface area contributed by atoms with Gasteiger partial charge in [-0.3, -0.25) is 19.3 Å². The van der Waals surface area contributed by atoms with Gasteiger partial charge in [-0.05, 0) is 19.2 Å². The molecule has 122 valence electrons. The van der Waals surface area contributed by atoms with Crippen molar-refractivity contribution in [3.63, 3.8) is 0 Å². The summed E-state index contributed by atoms with van der Waals surface area (Å²) in [6, 6.07) is 6.02. The number of likely N-dealkylation sites (N-methyl/N-ethyl adjacent to an activating group) is 1. The first kappa shape index (κ1) is 16.9. The van der Waals surface area contributed by atoms with E-state index in [1.165, 1.54) is 37.3 Å². The molecular weight excluding hydrogens is 308 g/mol. The maximum Gasteiger partial charge on any atom is 0.644 e. The molecule has 1 heterocycles. The van der Waals surface area contributed by atoms with Crippen molar-refractivity contribution >= 4 is 24.8 Å². The smallest absolute Gasteiger partial charge is 0.496 e. The normalized spacial score (nSPS) is 17.6. The number of rotatable bonds is 4. The van der Waals surface area contributed by atoms with Crippen LogP contribution in [-0.2, 0) is 18.9 Å². The number of hydrogen-bond donors (Lipinski definition) is 0. The van der Waals surface area contributed by atoms with E-state index in [1.54, 1.807) is 6.07 Å². The van der Waals surface area contributed by atoms with E-state index in [0.29, 0.717) is 0 Å². The molecule has 1 atom stereocenters. The first-order valence-corrected chi connectivity index (χ1v) is 6.81. The van der Waals surface area contributed by atoms with Crippen LogP contribution in [0.25, 0.3) is 0 Å². The summed E-state index contributed by atoms with van der Waals surface area (Å²) in [4.78, 5) is 36.8. The van der Waals surface area contributed by atoms with Gasteiger partial charge in [-0.25, -0.2) is 4.39 Å². The van der Waals surface area contributed by atoms with E-state index in [0.717, 1.165) is 0 Å². The largest absolute Gasteiger partial charge is 0.644 e. The molecule has 7 nitrogen and oxygen atoms in total. The predicted molar refractivity (Wildman–Crippen MR) is 77.7 cm³/mol. The lowest BCUT2D eigenvalue weighted by atomic mass is 9.77. The molecule has 1 aromatic rings. The Bertz CT molecular complexity index is 605. The number of ether oxygens (including phenoxy) is 1. The Morgan fingerprint density at radius 3 is 2.39 bits per heavy atom. The molecule has 0 amide bonds. The molecule has 0 radical (unpaired) electrons. The molecule has 0 unspecified atom stereocenters. The molecule has 1 saturated heterocycles. The van der Waals surface area contributed by atoms with Gasteiger partial charge in [0, 0.05) is 0 Å². The second-order valence-corrected chi connectivity index (χ2v) is 4.99. The number of hydrogen-bond acceptors (Lipinski definition) is 7. The summed E-state index contributed by atoms with van der Waals surface area (Å²) in [6.07, 6.45) is -2.34. The highest BCUT2D eigenvalue weighted by molar-refractivity contribution is 6.56. The lowest BCUT2D eigenvalue weighted by Gasteiger charge is -2.23. The fourth-order valence-electron chi connectivity index (χ4n) is 2.09. The van der Waals surface area contributed by atoms with Crippen LogP contribution >= 0.6 is 0 Å². The van der Waals surface area contributed by atoms with Crippen molar-refractivity contribution in [2.75, 3.05) is 27.2 Å². The van der Waals surface area contributed by atoms with Gasteiger partial charge in [-0.1, -0.05) is 12.1 Å². The average molecular weight is 323 g/mol. The minimum absolute atomic E-state index is 0.0335. The van der Waals surface area contributed by atoms with E-state index < -0.39 is 30.9 Å². The minimum Gasteiger partial charge on any atom is -0.496 e. The number of alkyl halides is 1. The third-order valence-electron chi connectivity index (χ3n) is 3.16.